The normalized spacial score (nSPS) is 19.2. The molecule has 5 rings (SSSR count). The van der Waals surface area contributed by atoms with Gasteiger partial charge in [0.1, 0.15) is 19.0 Å². The highest BCUT2D eigenvalue weighted by molar-refractivity contribution is 6.46. The monoisotopic (exact) mass is 429 g/mol. The number of carbonyl (C=O) groups excluding carboxylic acids is 2. The van der Waals surface area contributed by atoms with Gasteiger partial charge in [-0.15, -0.1) is 0 Å². The zero-order valence-corrected chi connectivity index (χ0v) is 17.0. The molecule has 1 amide bonds. The lowest BCUT2D eigenvalue weighted by atomic mass is 9.95. The summed E-state index contributed by atoms with van der Waals surface area (Å²) >= 11 is 0. The number of carbonyl (C=O) groups is 2. The van der Waals surface area contributed by atoms with Crippen LogP contribution in [0.1, 0.15) is 22.7 Å². The molecule has 1 aromatic carbocycles. The molecule has 3 aromatic rings. The Labute approximate surface area is 183 Å². The summed E-state index contributed by atoms with van der Waals surface area (Å²) in [4.78, 5) is 35.7. The summed E-state index contributed by atoms with van der Waals surface area (Å²) < 4.78 is 11.1. The first-order chi connectivity index (χ1) is 15.6. The zero-order chi connectivity index (χ0) is 22.1. The molecule has 0 aliphatic carbocycles. The summed E-state index contributed by atoms with van der Waals surface area (Å²) in [5.74, 6) is -0.658. The molecule has 1 fully saturated rings. The number of rotatable bonds is 4. The summed E-state index contributed by atoms with van der Waals surface area (Å²) in [5.41, 5.74) is 1.82. The first-order valence-corrected chi connectivity index (χ1v) is 10.1. The molecule has 32 heavy (non-hydrogen) atoms. The lowest BCUT2D eigenvalue weighted by Gasteiger charge is -2.25. The molecule has 8 nitrogen and oxygen atoms in total. The fraction of sp³-hybridized carbons (Fsp3) is 0.167. The fourth-order valence-corrected chi connectivity index (χ4v) is 3.97. The van der Waals surface area contributed by atoms with Crippen LogP contribution < -0.4 is 9.47 Å². The smallest absolute Gasteiger partial charge is 0.295 e. The third-order valence-electron chi connectivity index (χ3n) is 5.45. The van der Waals surface area contributed by atoms with Crippen LogP contribution in [0.5, 0.6) is 11.5 Å². The van der Waals surface area contributed by atoms with E-state index in [1.54, 1.807) is 61.2 Å². The van der Waals surface area contributed by atoms with Crippen LogP contribution in [0.3, 0.4) is 0 Å². The summed E-state index contributed by atoms with van der Waals surface area (Å²) in [6, 6.07) is 11.2. The summed E-state index contributed by atoms with van der Waals surface area (Å²) in [7, 11) is 0. The molecule has 1 atom stereocenters. The second-order valence-electron chi connectivity index (χ2n) is 7.43. The molecule has 1 N–H and O–H groups in total. The van der Waals surface area contributed by atoms with Crippen molar-refractivity contribution < 1.29 is 24.2 Å². The Morgan fingerprint density at radius 2 is 1.78 bits per heavy atom. The van der Waals surface area contributed by atoms with Crippen LogP contribution in [-0.4, -0.2) is 44.9 Å². The average Bonchev–Trinajstić information content (AvgIpc) is 3.09. The Bertz CT molecular complexity index is 1210. The second-order valence-corrected chi connectivity index (χ2v) is 7.43. The highest BCUT2D eigenvalue weighted by atomic mass is 16.6. The molecule has 160 valence electrons. The number of amides is 1. The minimum Gasteiger partial charge on any atom is -0.507 e. The molecule has 0 unspecified atom stereocenters. The maximum absolute atomic E-state index is 13.1. The predicted molar refractivity (Wildman–Crippen MR) is 114 cm³/mol. The molecular weight excluding hydrogens is 410 g/mol. The SMILES string of the molecule is O=C1C(=O)N(Cc2cccnc2)[C@H](c2ccncc2)C1=C(O)c1ccc2c(c1)OCCO2. The van der Waals surface area contributed by atoms with Crippen molar-refractivity contribution in [3.63, 3.8) is 0 Å². The summed E-state index contributed by atoms with van der Waals surface area (Å²) in [5, 5.41) is 11.2. The van der Waals surface area contributed by atoms with E-state index in [4.69, 9.17) is 9.47 Å². The number of benzene rings is 1. The molecule has 0 spiro atoms. The molecule has 0 radical (unpaired) electrons. The van der Waals surface area contributed by atoms with E-state index >= 15 is 0 Å². The van der Waals surface area contributed by atoms with E-state index < -0.39 is 17.7 Å². The largest absolute Gasteiger partial charge is 0.507 e. The number of ether oxygens (including phenoxy) is 2. The summed E-state index contributed by atoms with van der Waals surface area (Å²) in [6.07, 6.45) is 6.46. The van der Waals surface area contributed by atoms with Crippen LogP contribution >= 0.6 is 0 Å². The molecular formula is C24H19N3O5. The van der Waals surface area contributed by atoms with Gasteiger partial charge in [-0.25, -0.2) is 0 Å². The lowest BCUT2D eigenvalue weighted by Crippen LogP contribution is -2.29. The van der Waals surface area contributed by atoms with E-state index in [1.807, 2.05) is 6.07 Å². The highest BCUT2D eigenvalue weighted by Crippen LogP contribution is 2.41. The Hall–Kier alpha value is -4.20. The van der Waals surface area contributed by atoms with Crippen molar-refractivity contribution in [3.05, 3.63) is 89.5 Å². The zero-order valence-electron chi connectivity index (χ0n) is 17.0. The predicted octanol–water partition coefficient (Wildman–Crippen LogP) is 2.87. The molecule has 2 aliphatic heterocycles. The first kappa shape index (κ1) is 19.7. The van der Waals surface area contributed by atoms with Crippen molar-refractivity contribution >= 4 is 17.4 Å². The van der Waals surface area contributed by atoms with Crippen LogP contribution in [0.4, 0.5) is 0 Å². The number of likely N-dealkylation sites (tertiary alicyclic amines) is 1. The Morgan fingerprint density at radius 1 is 1.00 bits per heavy atom. The summed E-state index contributed by atoms with van der Waals surface area (Å²) in [6.45, 7) is 1.01. The van der Waals surface area contributed by atoms with Crippen molar-refractivity contribution in [1.29, 1.82) is 0 Å². The van der Waals surface area contributed by atoms with Crippen molar-refractivity contribution in [2.24, 2.45) is 0 Å². The molecule has 2 aromatic heterocycles. The minimum absolute atomic E-state index is 0.0155. The van der Waals surface area contributed by atoms with Gasteiger partial charge in [-0.3, -0.25) is 19.6 Å². The van der Waals surface area contributed by atoms with Gasteiger partial charge in [0, 0.05) is 36.9 Å². The van der Waals surface area contributed by atoms with Gasteiger partial charge >= 0.3 is 0 Å². The third kappa shape index (κ3) is 3.45. The topological polar surface area (TPSA) is 102 Å². The number of nitrogens with zero attached hydrogens (tertiary/aromatic N) is 3. The van der Waals surface area contributed by atoms with E-state index in [1.165, 1.54) is 4.90 Å². The van der Waals surface area contributed by atoms with Crippen molar-refractivity contribution in [3.8, 4) is 11.5 Å². The number of hydrogen-bond donors (Lipinski definition) is 1. The van der Waals surface area contributed by atoms with Gasteiger partial charge in [-0.2, -0.15) is 0 Å². The number of aromatic nitrogens is 2. The van der Waals surface area contributed by atoms with E-state index in [-0.39, 0.29) is 17.9 Å². The van der Waals surface area contributed by atoms with Crippen LogP contribution in [-0.2, 0) is 16.1 Å². The number of fused-ring (bicyclic) bond motifs is 1. The first-order valence-electron chi connectivity index (χ1n) is 10.1. The van der Waals surface area contributed by atoms with Crippen molar-refractivity contribution in [2.75, 3.05) is 13.2 Å². The van der Waals surface area contributed by atoms with Crippen LogP contribution in [0.25, 0.3) is 5.76 Å². The second kappa shape index (κ2) is 8.14. The number of aliphatic hydroxyl groups is 1. The molecule has 4 heterocycles. The van der Waals surface area contributed by atoms with E-state index in [0.717, 1.165) is 5.56 Å². The maximum atomic E-state index is 13.1. The van der Waals surface area contributed by atoms with Gasteiger partial charge in [0.25, 0.3) is 11.7 Å². The number of ketones is 1. The van der Waals surface area contributed by atoms with E-state index in [0.29, 0.717) is 35.8 Å². The van der Waals surface area contributed by atoms with Gasteiger partial charge in [0.2, 0.25) is 0 Å². The van der Waals surface area contributed by atoms with Crippen LogP contribution in [0, 0.1) is 0 Å². The van der Waals surface area contributed by atoms with Gasteiger partial charge in [0.05, 0.1) is 11.6 Å². The standard InChI is InChI=1S/C24H19N3O5/c28-22(17-3-4-18-19(12-17)32-11-10-31-18)20-21(16-5-8-25-9-6-16)27(24(30)23(20)29)14-15-2-1-7-26-13-15/h1-9,12-13,21,28H,10-11,14H2/t21-/m1/s1. The quantitative estimate of drug-likeness (QED) is 0.387. The number of aliphatic hydroxyl groups excluding tert-OH is 1. The molecule has 2 aliphatic rings. The van der Waals surface area contributed by atoms with Crippen molar-refractivity contribution in [2.45, 2.75) is 12.6 Å². The van der Waals surface area contributed by atoms with Crippen LogP contribution in [0.2, 0.25) is 0 Å². The molecule has 1 saturated heterocycles. The van der Waals surface area contributed by atoms with Gasteiger partial charge in [-0.1, -0.05) is 6.07 Å². The minimum atomic E-state index is -0.772. The van der Waals surface area contributed by atoms with Gasteiger partial charge in [0.15, 0.2) is 11.5 Å². The maximum Gasteiger partial charge on any atom is 0.295 e. The van der Waals surface area contributed by atoms with E-state index in [9.17, 15) is 14.7 Å². The van der Waals surface area contributed by atoms with Gasteiger partial charge < -0.3 is 19.5 Å². The molecule has 0 saturated carbocycles. The highest BCUT2D eigenvalue weighted by Gasteiger charge is 2.46. The average molecular weight is 429 g/mol. The Kier molecular flexibility index (Phi) is 5.03. The third-order valence-corrected chi connectivity index (χ3v) is 5.45. The Balaban J connectivity index is 1.62. The number of Topliss-reactive ketones (excluding diaryl/α,β-unsaturated/α-hetero) is 1. The molecule has 8 heteroatoms. The number of pyridine rings is 2. The fourth-order valence-electron chi connectivity index (χ4n) is 3.97. The van der Waals surface area contributed by atoms with Crippen molar-refractivity contribution in [1.82, 2.24) is 14.9 Å². The lowest BCUT2D eigenvalue weighted by molar-refractivity contribution is -0.140. The van der Waals surface area contributed by atoms with Crippen LogP contribution in [0.15, 0.2) is 72.8 Å². The Morgan fingerprint density at radius 3 is 2.53 bits per heavy atom. The molecule has 0 bridgehead atoms. The van der Waals surface area contributed by atoms with Gasteiger partial charge in [-0.05, 0) is 47.5 Å². The van der Waals surface area contributed by atoms with E-state index in [2.05, 4.69) is 9.97 Å². The number of hydrogen-bond acceptors (Lipinski definition) is 7.